The third-order valence-electron chi connectivity index (χ3n) is 4.84. The van der Waals surface area contributed by atoms with Crippen LogP contribution in [0.1, 0.15) is 28.7 Å². The first-order valence-electron chi connectivity index (χ1n) is 8.52. The molecule has 1 aromatic carbocycles. The predicted molar refractivity (Wildman–Crippen MR) is 95.4 cm³/mol. The van der Waals surface area contributed by atoms with E-state index in [0.29, 0.717) is 35.8 Å². The third-order valence-corrected chi connectivity index (χ3v) is 5.07. The maximum absolute atomic E-state index is 14.6. The van der Waals surface area contributed by atoms with Crippen LogP contribution in [0, 0.1) is 0 Å². The normalized spacial score (nSPS) is 17.3. The van der Waals surface area contributed by atoms with Gasteiger partial charge in [0, 0.05) is 41.8 Å². The highest BCUT2D eigenvalue weighted by Gasteiger charge is 2.32. The standard InChI is InChI=1S/C19H16ClF4N3/c20-12-2-3-16-13(7-12)14-9-25-10-15(21)18(14)27(16)6-5-11-1-4-17(26-8-11)19(22,23)24/h1-4,7-8,15,25H,5-6,9-10H2. The van der Waals surface area contributed by atoms with Gasteiger partial charge in [0.15, 0.2) is 6.17 Å². The number of hydrogen-bond donors (Lipinski definition) is 1. The summed E-state index contributed by atoms with van der Waals surface area (Å²) in [5, 5.41) is 4.54. The molecule has 3 aromatic rings. The third kappa shape index (κ3) is 3.41. The molecule has 4 rings (SSSR count). The molecular formula is C19H16ClF4N3. The van der Waals surface area contributed by atoms with Gasteiger partial charge in [0.1, 0.15) is 5.69 Å². The number of benzene rings is 1. The van der Waals surface area contributed by atoms with E-state index in [1.54, 1.807) is 6.07 Å². The van der Waals surface area contributed by atoms with Crippen molar-refractivity contribution >= 4 is 22.5 Å². The monoisotopic (exact) mass is 397 g/mol. The van der Waals surface area contributed by atoms with Crippen LogP contribution in [-0.2, 0) is 25.7 Å². The summed E-state index contributed by atoms with van der Waals surface area (Å²) in [6, 6.07) is 7.82. The summed E-state index contributed by atoms with van der Waals surface area (Å²) in [6.07, 6.45) is -3.93. The molecule has 0 fully saturated rings. The first kappa shape index (κ1) is 18.3. The molecule has 3 nitrogen and oxygen atoms in total. The maximum Gasteiger partial charge on any atom is 0.433 e. The fraction of sp³-hybridized carbons (Fsp3) is 0.316. The predicted octanol–water partition coefficient (Wildman–Crippen LogP) is 5.07. The molecule has 2 aromatic heterocycles. The van der Waals surface area contributed by atoms with Crippen molar-refractivity contribution in [3.63, 3.8) is 0 Å². The minimum atomic E-state index is -4.46. The molecule has 1 atom stereocenters. The molecule has 3 heterocycles. The van der Waals surface area contributed by atoms with Crippen LogP contribution in [0.15, 0.2) is 36.5 Å². The van der Waals surface area contributed by atoms with Gasteiger partial charge < -0.3 is 9.88 Å². The zero-order chi connectivity index (χ0) is 19.2. The summed E-state index contributed by atoms with van der Waals surface area (Å²) < 4.78 is 54.5. The van der Waals surface area contributed by atoms with Crippen LogP contribution in [0.4, 0.5) is 17.6 Å². The summed E-state index contributed by atoms with van der Waals surface area (Å²) in [7, 11) is 0. The number of nitrogens with one attached hydrogen (secondary N) is 1. The maximum atomic E-state index is 14.6. The Hall–Kier alpha value is -2.12. The zero-order valence-corrected chi connectivity index (χ0v) is 14.9. The molecule has 0 radical (unpaired) electrons. The molecule has 1 aliphatic rings. The highest BCUT2D eigenvalue weighted by Crippen LogP contribution is 2.36. The molecule has 1 aliphatic heterocycles. The van der Waals surface area contributed by atoms with Gasteiger partial charge in [-0.25, -0.2) is 4.39 Å². The molecule has 0 aliphatic carbocycles. The number of hydrogen-bond acceptors (Lipinski definition) is 2. The Morgan fingerprint density at radius 1 is 1.22 bits per heavy atom. The number of nitrogens with zero attached hydrogens (tertiary/aromatic N) is 2. The number of rotatable bonds is 3. The lowest BCUT2D eigenvalue weighted by Gasteiger charge is -2.21. The highest BCUT2D eigenvalue weighted by molar-refractivity contribution is 6.31. The molecule has 0 spiro atoms. The topological polar surface area (TPSA) is 29.9 Å². The Morgan fingerprint density at radius 3 is 2.74 bits per heavy atom. The molecule has 1 N–H and O–H groups in total. The van der Waals surface area contributed by atoms with Crippen molar-refractivity contribution in [1.29, 1.82) is 0 Å². The van der Waals surface area contributed by atoms with Crippen LogP contribution in [-0.4, -0.2) is 16.1 Å². The highest BCUT2D eigenvalue weighted by atomic mass is 35.5. The van der Waals surface area contributed by atoms with Crippen molar-refractivity contribution in [2.45, 2.75) is 31.9 Å². The lowest BCUT2D eigenvalue weighted by Crippen LogP contribution is -2.27. The van der Waals surface area contributed by atoms with Crippen molar-refractivity contribution in [3.05, 3.63) is 64.1 Å². The fourth-order valence-electron chi connectivity index (χ4n) is 3.60. The van der Waals surface area contributed by atoms with E-state index in [1.807, 2.05) is 16.7 Å². The lowest BCUT2D eigenvalue weighted by molar-refractivity contribution is -0.141. The number of aromatic nitrogens is 2. The van der Waals surface area contributed by atoms with Gasteiger partial charge in [-0.05, 0) is 41.8 Å². The van der Waals surface area contributed by atoms with E-state index in [9.17, 15) is 17.6 Å². The molecule has 142 valence electrons. The van der Waals surface area contributed by atoms with E-state index in [1.165, 1.54) is 12.3 Å². The Morgan fingerprint density at radius 2 is 2.04 bits per heavy atom. The van der Waals surface area contributed by atoms with E-state index in [0.717, 1.165) is 22.5 Å². The van der Waals surface area contributed by atoms with Crippen LogP contribution in [0.25, 0.3) is 10.9 Å². The van der Waals surface area contributed by atoms with E-state index in [-0.39, 0.29) is 6.54 Å². The largest absolute Gasteiger partial charge is 0.433 e. The van der Waals surface area contributed by atoms with Crippen molar-refractivity contribution in [1.82, 2.24) is 14.9 Å². The molecule has 8 heteroatoms. The molecule has 0 amide bonds. The number of alkyl halides is 4. The lowest BCUT2D eigenvalue weighted by atomic mass is 10.0. The number of pyridine rings is 1. The molecule has 0 saturated heterocycles. The number of halogens is 5. The average molecular weight is 398 g/mol. The molecule has 0 bridgehead atoms. The minimum Gasteiger partial charge on any atom is -0.341 e. The second-order valence-corrected chi connectivity index (χ2v) is 7.01. The zero-order valence-electron chi connectivity index (χ0n) is 14.2. The summed E-state index contributed by atoms with van der Waals surface area (Å²) in [4.78, 5) is 3.49. The Bertz CT molecular complexity index is 979. The van der Waals surface area contributed by atoms with Gasteiger partial charge in [-0.2, -0.15) is 13.2 Å². The number of aryl methyl sites for hydroxylation is 2. The van der Waals surface area contributed by atoms with Crippen molar-refractivity contribution < 1.29 is 17.6 Å². The molecule has 27 heavy (non-hydrogen) atoms. The van der Waals surface area contributed by atoms with Gasteiger partial charge in [-0.15, -0.1) is 0 Å². The van der Waals surface area contributed by atoms with E-state index in [2.05, 4.69) is 10.3 Å². The molecular weight excluding hydrogens is 382 g/mol. The smallest absolute Gasteiger partial charge is 0.341 e. The van der Waals surface area contributed by atoms with Gasteiger partial charge in [0.05, 0.1) is 5.69 Å². The summed E-state index contributed by atoms with van der Waals surface area (Å²) >= 11 is 6.11. The average Bonchev–Trinajstić information content (AvgIpc) is 2.94. The van der Waals surface area contributed by atoms with Crippen LogP contribution in [0.2, 0.25) is 5.02 Å². The van der Waals surface area contributed by atoms with Gasteiger partial charge in [0.2, 0.25) is 0 Å². The van der Waals surface area contributed by atoms with Crippen LogP contribution in [0.3, 0.4) is 0 Å². The van der Waals surface area contributed by atoms with Crippen molar-refractivity contribution in [3.8, 4) is 0 Å². The Labute approximate surface area is 158 Å². The summed E-state index contributed by atoms with van der Waals surface area (Å²) in [5.74, 6) is 0. The van der Waals surface area contributed by atoms with E-state index >= 15 is 0 Å². The van der Waals surface area contributed by atoms with Crippen LogP contribution in [0.5, 0.6) is 0 Å². The first-order valence-corrected chi connectivity index (χ1v) is 8.90. The number of fused-ring (bicyclic) bond motifs is 3. The van der Waals surface area contributed by atoms with Crippen LogP contribution < -0.4 is 5.32 Å². The van der Waals surface area contributed by atoms with Crippen LogP contribution >= 0.6 is 11.6 Å². The van der Waals surface area contributed by atoms with Gasteiger partial charge in [0.25, 0.3) is 0 Å². The van der Waals surface area contributed by atoms with Gasteiger partial charge >= 0.3 is 6.18 Å². The van der Waals surface area contributed by atoms with Gasteiger partial charge in [-0.1, -0.05) is 17.7 Å². The SMILES string of the molecule is FC1CNCc2c1n(CCc1ccc(C(F)(F)F)nc1)c1ccc(Cl)cc21. The summed E-state index contributed by atoms with van der Waals surface area (Å²) in [6.45, 7) is 1.24. The quantitative estimate of drug-likeness (QED) is 0.626. The van der Waals surface area contributed by atoms with Gasteiger partial charge in [-0.3, -0.25) is 4.98 Å². The fourth-order valence-corrected chi connectivity index (χ4v) is 3.77. The van der Waals surface area contributed by atoms with Crippen molar-refractivity contribution in [2.24, 2.45) is 0 Å². The Balaban J connectivity index is 1.67. The minimum absolute atomic E-state index is 0.235. The summed E-state index contributed by atoms with van der Waals surface area (Å²) in [5.41, 5.74) is 2.12. The second-order valence-electron chi connectivity index (χ2n) is 6.57. The van der Waals surface area contributed by atoms with Crippen molar-refractivity contribution in [2.75, 3.05) is 6.54 Å². The molecule has 0 saturated carbocycles. The Kier molecular flexibility index (Phi) is 4.60. The van der Waals surface area contributed by atoms with E-state index in [4.69, 9.17) is 11.6 Å². The van der Waals surface area contributed by atoms with E-state index < -0.39 is 18.0 Å². The first-order chi connectivity index (χ1) is 12.8. The second kappa shape index (κ2) is 6.80. The molecule has 1 unspecified atom stereocenters.